The van der Waals surface area contributed by atoms with Crippen LogP contribution in [-0.4, -0.2) is 4.98 Å². The van der Waals surface area contributed by atoms with Crippen LogP contribution in [-0.2, 0) is 6.42 Å². The number of benzene rings is 1. The van der Waals surface area contributed by atoms with Crippen LogP contribution >= 0.6 is 0 Å². The van der Waals surface area contributed by atoms with Crippen LogP contribution in [0.15, 0.2) is 41.2 Å². The molecule has 1 aromatic carbocycles. The van der Waals surface area contributed by atoms with Crippen molar-refractivity contribution in [1.29, 1.82) is 5.26 Å². The van der Waals surface area contributed by atoms with E-state index in [0.717, 1.165) is 23.2 Å². The zero-order valence-corrected chi connectivity index (χ0v) is 9.53. The molecule has 0 unspecified atom stereocenters. The molecular weight excluding hydrogens is 212 g/mol. The van der Waals surface area contributed by atoms with Gasteiger partial charge < -0.3 is 4.98 Å². The van der Waals surface area contributed by atoms with Gasteiger partial charge in [-0.2, -0.15) is 5.26 Å². The fraction of sp³-hybridized carbons (Fsp3) is 0.143. The molecule has 0 fully saturated rings. The molecule has 0 atom stereocenters. The summed E-state index contributed by atoms with van der Waals surface area (Å²) in [6.45, 7) is 1.85. The summed E-state index contributed by atoms with van der Waals surface area (Å²) in [7, 11) is 0. The molecule has 0 radical (unpaired) electrons. The van der Waals surface area contributed by atoms with Crippen LogP contribution in [0.5, 0.6) is 0 Å². The number of nitriles is 1. The summed E-state index contributed by atoms with van der Waals surface area (Å²) in [4.78, 5) is 14.1. The summed E-state index contributed by atoms with van der Waals surface area (Å²) in [5.41, 5.74) is 2.81. The molecule has 0 bridgehead atoms. The van der Waals surface area contributed by atoms with Crippen molar-refractivity contribution in [2.45, 2.75) is 13.3 Å². The minimum atomic E-state index is -0.318. The van der Waals surface area contributed by atoms with Crippen molar-refractivity contribution in [3.8, 4) is 6.07 Å². The molecule has 84 valence electrons. The van der Waals surface area contributed by atoms with E-state index in [9.17, 15) is 4.79 Å². The molecule has 0 amide bonds. The number of nitrogens with one attached hydrogen (secondary N) is 1. The average Bonchev–Trinajstić information content (AvgIpc) is 2.34. The van der Waals surface area contributed by atoms with Gasteiger partial charge in [-0.3, -0.25) is 4.79 Å². The minimum absolute atomic E-state index is 0.168. The van der Waals surface area contributed by atoms with Crippen LogP contribution in [0.1, 0.15) is 22.4 Å². The average molecular weight is 224 g/mol. The van der Waals surface area contributed by atoms with Gasteiger partial charge in [-0.15, -0.1) is 0 Å². The molecule has 1 heterocycles. The van der Waals surface area contributed by atoms with Gasteiger partial charge in [0.25, 0.3) is 5.56 Å². The molecule has 2 aromatic rings. The van der Waals surface area contributed by atoms with E-state index in [1.165, 1.54) is 0 Å². The van der Waals surface area contributed by atoms with Crippen LogP contribution in [0.3, 0.4) is 0 Å². The monoisotopic (exact) mass is 224 g/mol. The van der Waals surface area contributed by atoms with Gasteiger partial charge in [0, 0.05) is 5.69 Å². The quantitative estimate of drug-likeness (QED) is 0.849. The summed E-state index contributed by atoms with van der Waals surface area (Å²) in [5, 5.41) is 8.83. The van der Waals surface area contributed by atoms with Crippen molar-refractivity contribution in [3.05, 3.63) is 69.1 Å². The second-order valence-electron chi connectivity index (χ2n) is 3.94. The molecule has 0 aliphatic rings. The number of hydrogen-bond acceptors (Lipinski definition) is 2. The zero-order valence-electron chi connectivity index (χ0n) is 9.53. The van der Waals surface area contributed by atoms with Crippen molar-refractivity contribution < 1.29 is 0 Å². The number of aromatic amines is 1. The van der Waals surface area contributed by atoms with Gasteiger partial charge in [-0.25, -0.2) is 0 Å². The zero-order chi connectivity index (χ0) is 12.3. The number of aromatic nitrogens is 1. The molecule has 3 heteroatoms. The highest BCUT2D eigenvalue weighted by Gasteiger charge is 2.05. The van der Waals surface area contributed by atoms with Crippen LogP contribution < -0.4 is 5.56 Å². The van der Waals surface area contributed by atoms with Crippen molar-refractivity contribution in [3.63, 3.8) is 0 Å². The SMILES string of the molecule is Cc1[nH]c(=O)c(C#N)cc1Cc1ccccc1. The summed E-state index contributed by atoms with van der Waals surface area (Å²) in [6, 6.07) is 13.5. The Morgan fingerprint density at radius 2 is 2.00 bits per heavy atom. The third-order valence-corrected chi connectivity index (χ3v) is 2.70. The number of aryl methyl sites for hydroxylation is 1. The highest BCUT2D eigenvalue weighted by Crippen LogP contribution is 2.11. The molecular formula is C14H12N2O. The number of hydrogen-bond donors (Lipinski definition) is 1. The maximum Gasteiger partial charge on any atom is 0.266 e. The molecule has 0 spiro atoms. The van der Waals surface area contributed by atoms with Crippen LogP contribution in [0.25, 0.3) is 0 Å². The van der Waals surface area contributed by atoms with E-state index >= 15 is 0 Å². The topological polar surface area (TPSA) is 56.6 Å². The van der Waals surface area contributed by atoms with E-state index in [0.29, 0.717) is 0 Å². The molecule has 2 rings (SSSR count). The molecule has 1 aromatic heterocycles. The second kappa shape index (κ2) is 4.67. The molecule has 1 N–H and O–H groups in total. The first-order valence-electron chi connectivity index (χ1n) is 5.37. The maximum atomic E-state index is 11.4. The van der Waals surface area contributed by atoms with Crippen LogP contribution in [0.2, 0.25) is 0 Å². The normalized spacial score (nSPS) is 9.88. The molecule has 0 aliphatic carbocycles. The van der Waals surface area contributed by atoms with Gasteiger partial charge in [0.1, 0.15) is 11.6 Å². The summed E-state index contributed by atoms with van der Waals surface area (Å²) in [5.74, 6) is 0. The third-order valence-electron chi connectivity index (χ3n) is 2.70. The molecule has 0 aliphatic heterocycles. The van der Waals surface area contributed by atoms with E-state index in [4.69, 9.17) is 5.26 Å². The lowest BCUT2D eigenvalue weighted by Gasteiger charge is -2.06. The highest BCUT2D eigenvalue weighted by atomic mass is 16.1. The fourth-order valence-corrected chi connectivity index (χ4v) is 1.75. The van der Waals surface area contributed by atoms with E-state index < -0.39 is 0 Å². The van der Waals surface area contributed by atoms with Gasteiger partial charge in [0.15, 0.2) is 0 Å². The van der Waals surface area contributed by atoms with Gasteiger partial charge >= 0.3 is 0 Å². The molecule has 17 heavy (non-hydrogen) atoms. The van der Waals surface area contributed by atoms with E-state index in [2.05, 4.69) is 4.98 Å². The fourth-order valence-electron chi connectivity index (χ4n) is 1.75. The smallest absolute Gasteiger partial charge is 0.266 e. The van der Waals surface area contributed by atoms with Crippen molar-refractivity contribution in [2.75, 3.05) is 0 Å². The predicted octanol–water partition coefficient (Wildman–Crippen LogP) is 2.15. The lowest BCUT2D eigenvalue weighted by Crippen LogP contribution is -2.13. The van der Waals surface area contributed by atoms with Gasteiger partial charge in [-0.05, 0) is 30.5 Å². The Labute approximate surface area is 99.4 Å². The Morgan fingerprint density at radius 3 is 2.65 bits per heavy atom. The number of rotatable bonds is 2. The van der Waals surface area contributed by atoms with Crippen molar-refractivity contribution in [1.82, 2.24) is 4.98 Å². The van der Waals surface area contributed by atoms with Crippen molar-refractivity contribution >= 4 is 0 Å². The molecule has 0 saturated heterocycles. The highest BCUT2D eigenvalue weighted by molar-refractivity contribution is 5.35. The van der Waals surface area contributed by atoms with Crippen LogP contribution in [0, 0.1) is 18.3 Å². The first kappa shape index (κ1) is 11.2. The third kappa shape index (κ3) is 2.43. The number of H-pyrrole nitrogens is 1. The van der Waals surface area contributed by atoms with Gasteiger partial charge in [-0.1, -0.05) is 30.3 Å². The lowest BCUT2D eigenvalue weighted by molar-refractivity contribution is 1.04. The van der Waals surface area contributed by atoms with E-state index in [1.807, 2.05) is 43.3 Å². The second-order valence-corrected chi connectivity index (χ2v) is 3.94. The van der Waals surface area contributed by atoms with Crippen LogP contribution in [0.4, 0.5) is 0 Å². The summed E-state index contributed by atoms with van der Waals surface area (Å²) >= 11 is 0. The molecule has 0 saturated carbocycles. The largest absolute Gasteiger partial charge is 0.325 e. The van der Waals surface area contributed by atoms with E-state index in [1.54, 1.807) is 6.07 Å². The Morgan fingerprint density at radius 1 is 1.29 bits per heavy atom. The van der Waals surface area contributed by atoms with Crippen molar-refractivity contribution in [2.24, 2.45) is 0 Å². The Kier molecular flexibility index (Phi) is 3.06. The predicted molar refractivity (Wildman–Crippen MR) is 65.8 cm³/mol. The summed E-state index contributed by atoms with van der Waals surface area (Å²) < 4.78 is 0. The number of nitrogens with zero attached hydrogens (tertiary/aromatic N) is 1. The first-order valence-corrected chi connectivity index (χ1v) is 5.37. The first-order chi connectivity index (χ1) is 8.20. The Balaban J connectivity index is 2.41. The number of pyridine rings is 1. The maximum absolute atomic E-state index is 11.4. The standard InChI is InChI=1S/C14H12N2O/c1-10-12(7-11-5-3-2-4-6-11)8-13(9-15)14(17)16-10/h2-6,8H,7H2,1H3,(H,16,17). The van der Waals surface area contributed by atoms with Gasteiger partial charge in [0.2, 0.25) is 0 Å². The lowest BCUT2D eigenvalue weighted by atomic mass is 10.0. The summed E-state index contributed by atoms with van der Waals surface area (Å²) in [6.07, 6.45) is 0.720. The Hall–Kier alpha value is -2.34. The van der Waals surface area contributed by atoms with E-state index in [-0.39, 0.29) is 11.1 Å². The molecule has 3 nitrogen and oxygen atoms in total. The Bertz CT molecular complexity index is 621. The minimum Gasteiger partial charge on any atom is -0.325 e. The van der Waals surface area contributed by atoms with Gasteiger partial charge in [0.05, 0.1) is 0 Å².